The van der Waals surface area contributed by atoms with Gasteiger partial charge < -0.3 is 5.11 Å². The van der Waals surface area contributed by atoms with E-state index in [9.17, 15) is 14.4 Å². The Kier molecular flexibility index (Phi) is 2.72. The average Bonchev–Trinajstić information content (AvgIpc) is 2.38. The molecule has 0 aromatic carbocycles. The molecule has 1 N–H and O–H groups in total. The fraction of sp³-hybridized carbons (Fsp3) is 0.750. The topological polar surface area (TPSA) is 74.7 Å². The molecule has 2 unspecified atom stereocenters. The molecule has 0 bridgehead atoms. The van der Waals surface area contributed by atoms with Gasteiger partial charge in [-0.1, -0.05) is 13.8 Å². The molecule has 2 rings (SSSR count). The zero-order chi connectivity index (χ0) is 12.8. The zero-order valence-corrected chi connectivity index (χ0v) is 10.1. The van der Waals surface area contributed by atoms with Gasteiger partial charge in [-0.25, -0.2) is 0 Å². The number of amides is 2. The molecule has 17 heavy (non-hydrogen) atoms. The van der Waals surface area contributed by atoms with Crippen molar-refractivity contribution in [3.8, 4) is 0 Å². The quantitative estimate of drug-likeness (QED) is 0.746. The molecular weight excluding hydrogens is 222 g/mol. The third-order valence-corrected chi connectivity index (χ3v) is 4.21. The van der Waals surface area contributed by atoms with Crippen LogP contribution < -0.4 is 0 Å². The lowest BCUT2D eigenvalue weighted by molar-refractivity contribution is -0.156. The van der Waals surface area contributed by atoms with Crippen LogP contribution in [0.4, 0.5) is 0 Å². The second kappa shape index (κ2) is 3.82. The molecule has 0 aromatic heterocycles. The maximum absolute atomic E-state index is 12.1. The number of likely N-dealkylation sites (tertiary alicyclic amines) is 1. The Balaban J connectivity index is 2.29. The summed E-state index contributed by atoms with van der Waals surface area (Å²) in [5.41, 5.74) is -0.737. The van der Waals surface area contributed by atoms with Gasteiger partial charge in [0, 0.05) is 11.8 Å². The summed E-state index contributed by atoms with van der Waals surface area (Å²) in [4.78, 5) is 36.3. The van der Waals surface area contributed by atoms with Gasteiger partial charge in [-0.05, 0) is 19.3 Å². The van der Waals surface area contributed by atoms with Crippen molar-refractivity contribution in [1.29, 1.82) is 0 Å². The maximum atomic E-state index is 12.1. The molecule has 5 heteroatoms. The van der Waals surface area contributed by atoms with Crippen LogP contribution in [0, 0.1) is 11.8 Å². The smallest absolute Gasteiger partial charge is 0.305 e. The minimum atomic E-state index is -0.947. The van der Waals surface area contributed by atoms with Gasteiger partial charge in [-0.15, -0.1) is 0 Å². The normalized spacial score (nSPS) is 31.5. The van der Waals surface area contributed by atoms with E-state index in [4.69, 9.17) is 5.11 Å². The van der Waals surface area contributed by atoms with Gasteiger partial charge in [-0.2, -0.15) is 0 Å². The van der Waals surface area contributed by atoms with Crippen LogP contribution in [0.5, 0.6) is 0 Å². The van der Waals surface area contributed by atoms with E-state index in [0.29, 0.717) is 12.8 Å². The predicted molar refractivity (Wildman–Crippen MR) is 59.0 cm³/mol. The largest absolute Gasteiger partial charge is 0.481 e. The lowest BCUT2D eigenvalue weighted by atomic mass is 9.73. The number of nitrogens with zero attached hydrogens (tertiary/aromatic N) is 1. The summed E-state index contributed by atoms with van der Waals surface area (Å²) in [6.45, 7) is 3.47. The second-order valence-corrected chi connectivity index (χ2v) is 5.24. The van der Waals surface area contributed by atoms with Crippen LogP contribution in [0.2, 0.25) is 0 Å². The summed E-state index contributed by atoms with van der Waals surface area (Å²) in [5, 5.41) is 8.93. The SMILES string of the molecule is CC1C(=O)N(C2(CC(=O)O)CCC2)C(=O)C1C. The van der Waals surface area contributed by atoms with E-state index in [1.165, 1.54) is 4.90 Å². The molecule has 2 fully saturated rings. The fourth-order valence-electron chi connectivity index (χ4n) is 2.76. The van der Waals surface area contributed by atoms with E-state index < -0.39 is 11.5 Å². The molecule has 2 amide bonds. The van der Waals surface area contributed by atoms with Gasteiger partial charge in [0.05, 0.1) is 12.0 Å². The molecule has 1 aliphatic heterocycles. The van der Waals surface area contributed by atoms with E-state index >= 15 is 0 Å². The number of carbonyl (C=O) groups excluding carboxylic acids is 2. The first-order valence-electron chi connectivity index (χ1n) is 5.99. The van der Waals surface area contributed by atoms with Gasteiger partial charge in [0.15, 0.2) is 0 Å². The number of hydrogen-bond donors (Lipinski definition) is 1. The highest BCUT2D eigenvalue weighted by atomic mass is 16.4. The Labute approximate surface area is 99.8 Å². The van der Waals surface area contributed by atoms with E-state index in [1.807, 2.05) is 0 Å². The Morgan fingerprint density at radius 2 is 1.76 bits per heavy atom. The molecule has 1 aliphatic carbocycles. The van der Waals surface area contributed by atoms with Crippen molar-refractivity contribution in [2.24, 2.45) is 11.8 Å². The van der Waals surface area contributed by atoms with Crippen molar-refractivity contribution in [2.45, 2.75) is 45.1 Å². The summed E-state index contributed by atoms with van der Waals surface area (Å²) in [6, 6.07) is 0. The summed E-state index contributed by atoms with van der Waals surface area (Å²) in [5.74, 6) is -2.01. The van der Waals surface area contributed by atoms with Crippen LogP contribution in [0.1, 0.15) is 39.5 Å². The van der Waals surface area contributed by atoms with E-state index in [2.05, 4.69) is 0 Å². The number of aliphatic carboxylic acids is 1. The first-order valence-corrected chi connectivity index (χ1v) is 5.99. The minimum absolute atomic E-state index is 0.121. The highest BCUT2D eigenvalue weighted by molar-refractivity contribution is 6.05. The average molecular weight is 239 g/mol. The Morgan fingerprint density at radius 1 is 1.29 bits per heavy atom. The second-order valence-electron chi connectivity index (χ2n) is 5.24. The van der Waals surface area contributed by atoms with Crippen molar-refractivity contribution in [3.05, 3.63) is 0 Å². The molecule has 0 spiro atoms. The van der Waals surface area contributed by atoms with Gasteiger partial charge in [0.25, 0.3) is 0 Å². The molecule has 1 saturated heterocycles. The van der Waals surface area contributed by atoms with Crippen molar-refractivity contribution in [2.75, 3.05) is 0 Å². The van der Waals surface area contributed by atoms with E-state index in [1.54, 1.807) is 13.8 Å². The predicted octanol–water partition coefficient (Wildman–Crippen LogP) is 1.02. The maximum Gasteiger partial charge on any atom is 0.305 e. The van der Waals surface area contributed by atoms with Crippen molar-refractivity contribution < 1.29 is 19.5 Å². The highest BCUT2D eigenvalue weighted by Crippen LogP contribution is 2.45. The third kappa shape index (κ3) is 1.64. The summed E-state index contributed by atoms with van der Waals surface area (Å²) < 4.78 is 0. The number of hydrogen-bond acceptors (Lipinski definition) is 3. The highest BCUT2D eigenvalue weighted by Gasteiger charge is 2.55. The molecular formula is C12H17NO4. The van der Waals surface area contributed by atoms with Crippen LogP contribution in [0.15, 0.2) is 0 Å². The van der Waals surface area contributed by atoms with E-state index in [-0.39, 0.29) is 30.1 Å². The summed E-state index contributed by atoms with van der Waals surface area (Å²) >= 11 is 0. The molecule has 5 nitrogen and oxygen atoms in total. The van der Waals surface area contributed by atoms with Gasteiger partial charge in [0.1, 0.15) is 0 Å². The van der Waals surface area contributed by atoms with Gasteiger partial charge in [-0.3, -0.25) is 19.3 Å². The third-order valence-electron chi connectivity index (χ3n) is 4.21. The lowest BCUT2D eigenvalue weighted by Crippen LogP contribution is -2.57. The van der Waals surface area contributed by atoms with Crippen LogP contribution in [0.3, 0.4) is 0 Å². The minimum Gasteiger partial charge on any atom is -0.481 e. The standard InChI is InChI=1S/C12H17NO4/c1-7-8(2)11(17)13(10(7)16)12(4-3-5-12)6-9(14)15/h7-8H,3-6H2,1-2H3,(H,14,15). The fourth-order valence-corrected chi connectivity index (χ4v) is 2.76. The number of imide groups is 1. The lowest BCUT2D eigenvalue weighted by Gasteiger charge is -2.46. The zero-order valence-electron chi connectivity index (χ0n) is 10.1. The Bertz CT molecular complexity index is 366. The molecule has 0 aromatic rings. The molecule has 94 valence electrons. The Morgan fingerprint density at radius 3 is 2.06 bits per heavy atom. The van der Waals surface area contributed by atoms with Gasteiger partial charge >= 0.3 is 5.97 Å². The summed E-state index contributed by atoms with van der Waals surface area (Å²) in [6.07, 6.45) is 2.00. The molecule has 2 atom stereocenters. The number of carboxylic acids is 1. The molecule has 1 heterocycles. The number of carbonyl (C=O) groups is 3. The summed E-state index contributed by atoms with van der Waals surface area (Å²) in [7, 11) is 0. The first-order chi connectivity index (χ1) is 7.89. The molecule has 1 saturated carbocycles. The molecule has 2 aliphatic rings. The van der Waals surface area contributed by atoms with E-state index in [0.717, 1.165) is 6.42 Å². The molecule has 0 radical (unpaired) electrons. The van der Waals surface area contributed by atoms with Crippen LogP contribution in [-0.2, 0) is 14.4 Å². The van der Waals surface area contributed by atoms with Crippen molar-refractivity contribution >= 4 is 17.8 Å². The van der Waals surface area contributed by atoms with Crippen LogP contribution in [0.25, 0.3) is 0 Å². The van der Waals surface area contributed by atoms with Crippen molar-refractivity contribution in [1.82, 2.24) is 4.90 Å². The Hall–Kier alpha value is -1.39. The number of carboxylic acid groups (broad SMARTS) is 1. The van der Waals surface area contributed by atoms with Crippen LogP contribution in [-0.4, -0.2) is 33.3 Å². The van der Waals surface area contributed by atoms with Gasteiger partial charge in [0.2, 0.25) is 11.8 Å². The van der Waals surface area contributed by atoms with Crippen LogP contribution >= 0.6 is 0 Å². The number of rotatable bonds is 3. The monoisotopic (exact) mass is 239 g/mol. The first kappa shape index (κ1) is 12.1. The van der Waals surface area contributed by atoms with Crippen molar-refractivity contribution in [3.63, 3.8) is 0 Å².